The number of aryl methyl sites for hydroxylation is 1. The lowest BCUT2D eigenvalue weighted by Crippen LogP contribution is -2.46. The molecular weight excluding hydrogens is 433 g/mol. The number of hydrogen-bond acceptors (Lipinski definition) is 5. The molecule has 1 saturated heterocycles. The number of imidazole rings is 1. The highest BCUT2D eigenvalue weighted by molar-refractivity contribution is 5.95. The van der Waals surface area contributed by atoms with Crippen LogP contribution < -0.4 is 5.73 Å². The number of carbonyl (C=O) groups is 1. The number of aromatic nitrogens is 4. The predicted molar refractivity (Wildman–Crippen MR) is 126 cm³/mol. The van der Waals surface area contributed by atoms with Crippen molar-refractivity contribution in [2.75, 3.05) is 13.1 Å². The lowest BCUT2D eigenvalue weighted by atomic mass is 10.1. The van der Waals surface area contributed by atoms with Crippen LogP contribution >= 0.6 is 0 Å². The Morgan fingerprint density at radius 2 is 2.09 bits per heavy atom. The Hall–Kier alpha value is -4.03. The van der Waals surface area contributed by atoms with Crippen molar-refractivity contribution >= 4 is 16.8 Å². The Bertz CT molecular complexity index is 1460. The van der Waals surface area contributed by atoms with E-state index in [0.717, 1.165) is 29.4 Å². The van der Waals surface area contributed by atoms with Gasteiger partial charge in [-0.15, -0.1) is 0 Å². The SMILES string of the molecule is Cc1c(C(=O)N2CCC[C@H](N)C2)nc(-c2ccc(C#N)c(F)c2)n1-c1ccc2nn(C)cc2c1. The van der Waals surface area contributed by atoms with Crippen LogP contribution in [-0.2, 0) is 7.05 Å². The van der Waals surface area contributed by atoms with E-state index in [2.05, 4.69) is 5.10 Å². The van der Waals surface area contributed by atoms with Crippen LogP contribution in [-0.4, -0.2) is 49.3 Å². The Morgan fingerprint density at radius 1 is 1.26 bits per heavy atom. The number of carbonyl (C=O) groups excluding carboxylic acids is 1. The third-order valence-corrected chi connectivity index (χ3v) is 6.26. The van der Waals surface area contributed by atoms with Crippen molar-refractivity contribution in [1.82, 2.24) is 24.2 Å². The van der Waals surface area contributed by atoms with Crippen LogP contribution in [0, 0.1) is 24.1 Å². The largest absolute Gasteiger partial charge is 0.336 e. The Labute approximate surface area is 196 Å². The molecule has 3 heterocycles. The summed E-state index contributed by atoms with van der Waals surface area (Å²) in [5.74, 6) is -0.400. The molecule has 1 amide bonds. The van der Waals surface area contributed by atoms with Gasteiger partial charge >= 0.3 is 0 Å². The highest BCUT2D eigenvalue weighted by Gasteiger charge is 2.28. The van der Waals surface area contributed by atoms with E-state index in [1.807, 2.05) is 49.0 Å². The minimum Gasteiger partial charge on any atom is -0.336 e. The number of amides is 1. The monoisotopic (exact) mass is 457 g/mol. The number of halogens is 1. The molecule has 9 heteroatoms. The molecule has 172 valence electrons. The summed E-state index contributed by atoms with van der Waals surface area (Å²) in [6.07, 6.45) is 3.64. The fraction of sp³-hybridized carbons (Fsp3) is 0.280. The van der Waals surface area contributed by atoms with Gasteiger partial charge in [-0.2, -0.15) is 10.4 Å². The van der Waals surface area contributed by atoms with Crippen LogP contribution in [0.4, 0.5) is 4.39 Å². The first-order chi connectivity index (χ1) is 16.4. The van der Waals surface area contributed by atoms with Crippen molar-refractivity contribution < 1.29 is 9.18 Å². The van der Waals surface area contributed by atoms with Crippen molar-refractivity contribution in [2.45, 2.75) is 25.8 Å². The summed E-state index contributed by atoms with van der Waals surface area (Å²) in [6.45, 7) is 2.94. The standard InChI is InChI=1S/C25H24FN7O/c1-15-23(25(34)32-9-3-4-19(28)14-32)29-24(16-5-6-17(12-27)21(26)11-16)33(15)20-7-8-22-18(10-20)13-31(2)30-22/h5-8,10-11,13,19H,3-4,9,14,28H2,1-2H3/t19-/m0/s1. The minimum atomic E-state index is -0.634. The molecule has 0 spiro atoms. The highest BCUT2D eigenvalue weighted by atomic mass is 19.1. The lowest BCUT2D eigenvalue weighted by molar-refractivity contribution is 0.0702. The summed E-state index contributed by atoms with van der Waals surface area (Å²) in [5.41, 5.74) is 9.09. The average molecular weight is 458 g/mol. The number of nitrogens with zero attached hydrogens (tertiary/aromatic N) is 6. The third-order valence-electron chi connectivity index (χ3n) is 6.26. The van der Waals surface area contributed by atoms with Gasteiger partial charge in [0, 0.05) is 49.0 Å². The van der Waals surface area contributed by atoms with E-state index in [9.17, 15) is 9.18 Å². The van der Waals surface area contributed by atoms with Crippen molar-refractivity contribution in [3.8, 4) is 23.1 Å². The van der Waals surface area contributed by atoms with Crippen molar-refractivity contribution in [3.63, 3.8) is 0 Å². The summed E-state index contributed by atoms with van der Waals surface area (Å²) in [7, 11) is 1.85. The van der Waals surface area contributed by atoms with Crippen LogP contribution in [0.2, 0.25) is 0 Å². The molecular formula is C25H24FN7O. The molecule has 0 bridgehead atoms. The molecule has 1 aliphatic rings. The van der Waals surface area contributed by atoms with E-state index in [1.54, 1.807) is 15.6 Å². The summed E-state index contributed by atoms with van der Waals surface area (Å²) in [5, 5.41) is 14.5. The molecule has 2 N–H and O–H groups in total. The normalized spacial score (nSPS) is 16.1. The molecule has 8 nitrogen and oxygen atoms in total. The Morgan fingerprint density at radius 3 is 2.82 bits per heavy atom. The number of likely N-dealkylation sites (tertiary alicyclic amines) is 1. The molecule has 0 saturated carbocycles. The number of nitrogens with two attached hydrogens (primary N) is 1. The first-order valence-electron chi connectivity index (χ1n) is 11.1. The van der Waals surface area contributed by atoms with Gasteiger partial charge in [-0.05, 0) is 56.2 Å². The topological polar surface area (TPSA) is 106 Å². The maximum absolute atomic E-state index is 14.5. The van der Waals surface area contributed by atoms with Crippen LogP contribution in [0.5, 0.6) is 0 Å². The van der Waals surface area contributed by atoms with E-state index in [-0.39, 0.29) is 17.5 Å². The van der Waals surface area contributed by atoms with E-state index in [0.29, 0.717) is 35.9 Å². The first-order valence-corrected chi connectivity index (χ1v) is 11.1. The second kappa shape index (κ2) is 8.39. The number of piperidine rings is 1. The molecule has 0 radical (unpaired) electrons. The van der Waals surface area contributed by atoms with Crippen LogP contribution in [0.1, 0.15) is 34.6 Å². The molecule has 1 aliphatic heterocycles. The number of hydrogen-bond donors (Lipinski definition) is 1. The lowest BCUT2D eigenvalue weighted by Gasteiger charge is -2.30. The first kappa shape index (κ1) is 21.8. The van der Waals surface area contributed by atoms with Crippen LogP contribution in [0.15, 0.2) is 42.6 Å². The van der Waals surface area contributed by atoms with Gasteiger partial charge in [-0.3, -0.25) is 14.0 Å². The smallest absolute Gasteiger partial charge is 0.274 e. The zero-order valence-corrected chi connectivity index (χ0v) is 19.0. The molecule has 0 unspecified atom stereocenters. The molecule has 1 fully saturated rings. The summed E-state index contributed by atoms with van der Waals surface area (Å²) >= 11 is 0. The minimum absolute atomic E-state index is 0.0473. The van der Waals surface area contributed by atoms with Gasteiger partial charge in [0.25, 0.3) is 5.91 Å². The predicted octanol–water partition coefficient (Wildman–Crippen LogP) is 3.31. The quantitative estimate of drug-likeness (QED) is 0.508. The van der Waals surface area contributed by atoms with Crippen LogP contribution in [0.3, 0.4) is 0 Å². The average Bonchev–Trinajstić information content (AvgIpc) is 3.36. The Kier molecular flexibility index (Phi) is 5.38. The molecule has 1 atom stereocenters. The number of benzene rings is 2. The van der Waals surface area contributed by atoms with Crippen molar-refractivity contribution in [2.24, 2.45) is 12.8 Å². The van der Waals surface area contributed by atoms with Gasteiger partial charge in [0.15, 0.2) is 0 Å². The molecule has 2 aromatic carbocycles. The Balaban J connectivity index is 1.68. The number of nitriles is 1. The molecule has 5 rings (SSSR count). The molecule has 0 aliphatic carbocycles. The van der Waals surface area contributed by atoms with E-state index < -0.39 is 5.82 Å². The fourth-order valence-electron chi connectivity index (χ4n) is 4.58. The molecule has 34 heavy (non-hydrogen) atoms. The maximum Gasteiger partial charge on any atom is 0.274 e. The zero-order chi connectivity index (χ0) is 24.0. The summed E-state index contributed by atoms with van der Waals surface area (Å²) in [6, 6.07) is 11.9. The van der Waals surface area contributed by atoms with E-state index in [4.69, 9.17) is 16.0 Å². The van der Waals surface area contributed by atoms with Gasteiger partial charge in [-0.1, -0.05) is 0 Å². The maximum atomic E-state index is 14.5. The van der Waals surface area contributed by atoms with Crippen molar-refractivity contribution in [3.05, 3.63) is 65.4 Å². The van der Waals surface area contributed by atoms with Gasteiger partial charge < -0.3 is 10.6 Å². The fourth-order valence-corrected chi connectivity index (χ4v) is 4.58. The van der Waals surface area contributed by atoms with Crippen LogP contribution in [0.25, 0.3) is 28.0 Å². The van der Waals surface area contributed by atoms with Gasteiger partial charge in [0.05, 0.1) is 16.8 Å². The van der Waals surface area contributed by atoms with Gasteiger partial charge in [0.2, 0.25) is 0 Å². The summed E-state index contributed by atoms with van der Waals surface area (Å²) < 4.78 is 18.1. The van der Waals surface area contributed by atoms with E-state index in [1.165, 1.54) is 12.1 Å². The van der Waals surface area contributed by atoms with Crippen molar-refractivity contribution in [1.29, 1.82) is 5.26 Å². The molecule has 4 aromatic rings. The molecule has 2 aromatic heterocycles. The third kappa shape index (κ3) is 3.72. The zero-order valence-electron chi connectivity index (χ0n) is 19.0. The highest BCUT2D eigenvalue weighted by Crippen LogP contribution is 2.30. The second-order valence-electron chi connectivity index (χ2n) is 8.71. The second-order valence-corrected chi connectivity index (χ2v) is 8.71. The van der Waals surface area contributed by atoms with E-state index >= 15 is 0 Å². The van der Waals surface area contributed by atoms with Gasteiger partial charge in [0.1, 0.15) is 23.4 Å². The number of rotatable bonds is 3. The van der Waals surface area contributed by atoms with Gasteiger partial charge in [-0.25, -0.2) is 9.37 Å². The number of fused-ring (bicyclic) bond motifs is 1. The summed E-state index contributed by atoms with van der Waals surface area (Å²) in [4.78, 5) is 19.9.